The molecule has 20 heavy (non-hydrogen) atoms. The summed E-state index contributed by atoms with van der Waals surface area (Å²) in [4.78, 5) is 23.4. The molecule has 0 bridgehead atoms. The molecule has 1 aliphatic heterocycles. The molecule has 108 valence electrons. The molecule has 2 unspecified atom stereocenters. The number of carbonyl (C=O) groups excluding carboxylic acids is 1. The molecule has 0 radical (unpaired) electrons. The van der Waals surface area contributed by atoms with Crippen LogP contribution in [0.25, 0.3) is 0 Å². The molecule has 1 aliphatic rings. The van der Waals surface area contributed by atoms with Crippen LogP contribution in [0.3, 0.4) is 0 Å². The molecule has 2 atom stereocenters. The minimum Gasteiger partial charge on any atom is -0.481 e. The van der Waals surface area contributed by atoms with E-state index in [1.165, 1.54) is 25.1 Å². The van der Waals surface area contributed by atoms with Gasteiger partial charge in [-0.1, -0.05) is 6.07 Å². The van der Waals surface area contributed by atoms with E-state index in [0.29, 0.717) is 0 Å². The van der Waals surface area contributed by atoms with Crippen LogP contribution in [0.15, 0.2) is 22.7 Å². The number of halogens is 2. The summed E-state index contributed by atoms with van der Waals surface area (Å²) < 4.78 is 18.6. The molecule has 7 heteroatoms. The van der Waals surface area contributed by atoms with Gasteiger partial charge in [-0.15, -0.1) is 0 Å². The number of carboxylic acids is 1. The molecule has 1 fully saturated rings. The Kier molecular flexibility index (Phi) is 4.10. The molecule has 1 heterocycles. The maximum atomic E-state index is 13.4. The summed E-state index contributed by atoms with van der Waals surface area (Å²) >= 11 is 3.00. The Morgan fingerprint density at radius 3 is 2.90 bits per heavy atom. The Labute approximate surface area is 123 Å². The number of benzene rings is 1. The van der Waals surface area contributed by atoms with Crippen molar-refractivity contribution in [2.75, 3.05) is 13.2 Å². The van der Waals surface area contributed by atoms with Crippen LogP contribution >= 0.6 is 15.9 Å². The lowest BCUT2D eigenvalue weighted by Gasteiger charge is -2.25. The molecule has 2 rings (SSSR count). The van der Waals surface area contributed by atoms with Crippen LogP contribution in [0.4, 0.5) is 4.39 Å². The van der Waals surface area contributed by atoms with E-state index in [2.05, 4.69) is 21.2 Å². The average molecular weight is 346 g/mol. The number of ether oxygens (including phenoxy) is 1. The SMILES string of the molecule is CC1(C(=O)O)COCC1NC(=O)c1cccc(F)c1Br. The van der Waals surface area contributed by atoms with Crippen molar-refractivity contribution in [1.82, 2.24) is 5.32 Å². The zero-order valence-electron chi connectivity index (χ0n) is 10.7. The van der Waals surface area contributed by atoms with Crippen LogP contribution < -0.4 is 5.32 Å². The van der Waals surface area contributed by atoms with Gasteiger partial charge < -0.3 is 15.2 Å². The number of nitrogens with one attached hydrogen (secondary N) is 1. The van der Waals surface area contributed by atoms with Crippen molar-refractivity contribution < 1.29 is 23.8 Å². The first kappa shape index (κ1) is 14.9. The van der Waals surface area contributed by atoms with E-state index in [9.17, 15) is 19.1 Å². The average Bonchev–Trinajstić information content (AvgIpc) is 2.75. The van der Waals surface area contributed by atoms with Gasteiger partial charge in [-0.2, -0.15) is 0 Å². The first-order chi connectivity index (χ1) is 9.36. The van der Waals surface area contributed by atoms with Crippen LogP contribution in [0.1, 0.15) is 17.3 Å². The molecular weight excluding hydrogens is 333 g/mol. The summed E-state index contributed by atoms with van der Waals surface area (Å²) in [6.07, 6.45) is 0. The molecule has 1 amide bonds. The van der Waals surface area contributed by atoms with E-state index in [1.54, 1.807) is 0 Å². The summed E-state index contributed by atoms with van der Waals surface area (Å²) in [5, 5.41) is 11.8. The maximum absolute atomic E-state index is 13.4. The van der Waals surface area contributed by atoms with Crippen molar-refractivity contribution in [3.05, 3.63) is 34.1 Å². The molecule has 1 saturated heterocycles. The van der Waals surface area contributed by atoms with E-state index in [1.807, 2.05) is 0 Å². The number of carboxylic acid groups (broad SMARTS) is 1. The summed E-state index contributed by atoms with van der Waals surface area (Å²) in [7, 11) is 0. The number of hydrogen-bond acceptors (Lipinski definition) is 3. The highest BCUT2D eigenvalue weighted by molar-refractivity contribution is 9.10. The number of hydrogen-bond donors (Lipinski definition) is 2. The maximum Gasteiger partial charge on any atom is 0.313 e. The van der Waals surface area contributed by atoms with Crippen molar-refractivity contribution in [3.8, 4) is 0 Å². The van der Waals surface area contributed by atoms with Gasteiger partial charge in [-0.05, 0) is 35.0 Å². The summed E-state index contributed by atoms with van der Waals surface area (Å²) in [5.74, 6) is -2.14. The lowest BCUT2D eigenvalue weighted by Crippen LogP contribution is -2.49. The third kappa shape index (κ3) is 2.55. The second-order valence-electron chi connectivity index (χ2n) is 4.87. The van der Waals surface area contributed by atoms with Gasteiger partial charge >= 0.3 is 5.97 Å². The molecule has 0 saturated carbocycles. The molecule has 2 N–H and O–H groups in total. The Morgan fingerprint density at radius 2 is 2.25 bits per heavy atom. The number of rotatable bonds is 3. The zero-order chi connectivity index (χ0) is 14.9. The predicted octanol–water partition coefficient (Wildman–Crippen LogP) is 1.81. The van der Waals surface area contributed by atoms with Crippen LogP contribution in [0.5, 0.6) is 0 Å². The second-order valence-corrected chi connectivity index (χ2v) is 5.66. The lowest BCUT2D eigenvalue weighted by atomic mass is 9.85. The minimum atomic E-state index is -1.19. The third-order valence-corrected chi connectivity index (χ3v) is 4.25. The van der Waals surface area contributed by atoms with E-state index >= 15 is 0 Å². The fourth-order valence-corrected chi connectivity index (χ4v) is 2.44. The van der Waals surface area contributed by atoms with Gasteiger partial charge in [0.1, 0.15) is 11.2 Å². The van der Waals surface area contributed by atoms with Crippen LogP contribution in [-0.2, 0) is 9.53 Å². The Hall–Kier alpha value is -1.47. The summed E-state index contributed by atoms with van der Waals surface area (Å²) in [6.45, 7) is 1.65. The fourth-order valence-electron chi connectivity index (χ4n) is 2.00. The van der Waals surface area contributed by atoms with Crippen molar-refractivity contribution in [2.24, 2.45) is 5.41 Å². The minimum absolute atomic E-state index is 0.0254. The van der Waals surface area contributed by atoms with Crippen molar-refractivity contribution in [3.63, 3.8) is 0 Å². The van der Waals surface area contributed by atoms with Gasteiger partial charge in [-0.25, -0.2) is 4.39 Å². The molecular formula is C13H13BrFNO4. The van der Waals surface area contributed by atoms with E-state index in [4.69, 9.17) is 4.74 Å². The number of aliphatic carboxylic acids is 1. The van der Waals surface area contributed by atoms with Gasteiger partial charge in [0.15, 0.2) is 0 Å². The first-order valence-electron chi connectivity index (χ1n) is 5.92. The number of carbonyl (C=O) groups is 2. The first-order valence-corrected chi connectivity index (χ1v) is 6.71. The van der Waals surface area contributed by atoms with Crippen molar-refractivity contribution >= 4 is 27.8 Å². The predicted molar refractivity (Wildman–Crippen MR) is 71.9 cm³/mol. The van der Waals surface area contributed by atoms with Crippen LogP contribution in [0, 0.1) is 11.2 Å². The molecule has 0 aliphatic carbocycles. The topological polar surface area (TPSA) is 75.6 Å². The molecule has 1 aromatic carbocycles. The highest BCUT2D eigenvalue weighted by Crippen LogP contribution is 2.29. The van der Waals surface area contributed by atoms with Gasteiger partial charge in [0.05, 0.1) is 29.3 Å². The standard InChI is InChI=1S/C13H13BrFNO4/c1-13(12(18)19)6-20-5-9(13)16-11(17)7-3-2-4-8(15)10(7)14/h2-4,9H,5-6H2,1H3,(H,16,17)(H,18,19). The molecule has 1 aromatic rings. The van der Waals surface area contributed by atoms with Crippen molar-refractivity contribution in [1.29, 1.82) is 0 Å². The van der Waals surface area contributed by atoms with Crippen LogP contribution in [-0.4, -0.2) is 36.2 Å². The Morgan fingerprint density at radius 1 is 1.55 bits per heavy atom. The number of amides is 1. The van der Waals surface area contributed by atoms with Gasteiger partial charge in [0.2, 0.25) is 0 Å². The normalized spacial score (nSPS) is 25.4. The smallest absolute Gasteiger partial charge is 0.313 e. The Balaban J connectivity index is 2.20. The fraction of sp³-hybridized carbons (Fsp3) is 0.385. The van der Waals surface area contributed by atoms with E-state index in [-0.39, 0.29) is 23.2 Å². The van der Waals surface area contributed by atoms with E-state index < -0.39 is 29.2 Å². The molecule has 5 nitrogen and oxygen atoms in total. The quantitative estimate of drug-likeness (QED) is 0.875. The second kappa shape index (κ2) is 5.49. The largest absolute Gasteiger partial charge is 0.481 e. The molecule has 0 spiro atoms. The van der Waals surface area contributed by atoms with Gasteiger partial charge in [0, 0.05) is 0 Å². The monoisotopic (exact) mass is 345 g/mol. The molecule has 0 aromatic heterocycles. The highest BCUT2D eigenvalue weighted by atomic mass is 79.9. The zero-order valence-corrected chi connectivity index (χ0v) is 12.2. The third-order valence-electron chi connectivity index (χ3n) is 3.45. The summed E-state index contributed by atoms with van der Waals surface area (Å²) in [6, 6.07) is 3.43. The van der Waals surface area contributed by atoms with Gasteiger partial charge in [0.25, 0.3) is 5.91 Å². The Bertz CT molecular complexity index is 565. The lowest BCUT2D eigenvalue weighted by molar-refractivity contribution is -0.148. The highest BCUT2D eigenvalue weighted by Gasteiger charge is 2.47. The van der Waals surface area contributed by atoms with E-state index in [0.717, 1.165) is 0 Å². The summed E-state index contributed by atoms with van der Waals surface area (Å²) in [5.41, 5.74) is -1.07. The van der Waals surface area contributed by atoms with Crippen molar-refractivity contribution in [2.45, 2.75) is 13.0 Å². The van der Waals surface area contributed by atoms with Crippen LogP contribution in [0.2, 0.25) is 0 Å². The van der Waals surface area contributed by atoms with Gasteiger partial charge in [-0.3, -0.25) is 9.59 Å².